The lowest BCUT2D eigenvalue weighted by atomic mass is 10.1. The summed E-state index contributed by atoms with van der Waals surface area (Å²) in [5.41, 5.74) is 2.39. The number of ether oxygens (including phenoxy) is 2. The Kier molecular flexibility index (Phi) is 8.81. The average molecular weight is 542 g/mol. The van der Waals surface area contributed by atoms with Gasteiger partial charge in [-0.3, -0.25) is 9.13 Å². The smallest absolute Gasteiger partial charge is 0.332 e. The van der Waals surface area contributed by atoms with Crippen molar-refractivity contribution in [1.82, 2.24) is 19.1 Å². The highest BCUT2D eigenvalue weighted by atomic mass is 35.5. The first kappa shape index (κ1) is 27.1. The van der Waals surface area contributed by atoms with Crippen LogP contribution in [0, 0.1) is 0 Å². The maximum atomic E-state index is 13.5. The third-order valence-electron chi connectivity index (χ3n) is 5.44. The molecule has 0 radical (unpaired) electrons. The van der Waals surface area contributed by atoms with Crippen molar-refractivity contribution in [2.75, 3.05) is 13.2 Å². The number of aromatic nitrogens is 4. The van der Waals surface area contributed by atoms with Crippen molar-refractivity contribution in [3.8, 4) is 11.3 Å². The molecule has 1 aromatic carbocycles. The van der Waals surface area contributed by atoms with Crippen LogP contribution in [0.15, 0.2) is 29.2 Å². The molecule has 11 heteroatoms. The molecule has 0 amide bonds. The molecule has 0 saturated carbocycles. The number of para-hydroxylation sites is 1. The summed E-state index contributed by atoms with van der Waals surface area (Å²) < 4.78 is 15.2. The first-order valence-corrected chi connectivity index (χ1v) is 19.6. The summed E-state index contributed by atoms with van der Waals surface area (Å²) in [6.07, 6.45) is 1.47. The van der Waals surface area contributed by atoms with E-state index in [0.717, 1.165) is 17.6 Å². The second kappa shape index (κ2) is 11.1. The lowest BCUT2D eigenvalue weighted by Crippen LogP contribution is -2.28. The average Bonchev–Trinajstić information content (AvgIpc) is 3.00. The fourth-order valence-electron chi connectivity index (χ4n) is 3.42. The van der Waals surface area contributed by atoms with Gasteiger partial charge in [-0.1, -0.05) is 63.0 Å². The molecule has 7 nitrogen and oxygen atoms in total. The molecule has 0 aliphatic carbocycles. The van der Waals surface area contributed by atoms with Gasteiger partial charge in [-0.15, -0.1) is 0 Å². The Morgan fingerprint density at radius 3 is 2.09 bits per heavy atom. The molecular formula is C23H34Cl2N4O3Si2. The van der Waals surface area contributed by atoms with Crippen molar-refractivity contribution in [3.63, 3.8) is 0 Å². The number of fused-ring (bicyclic) bond motifs is 1. The minimum atomic E-state index is -1.26. The fraction of sp³-hybridized carbons (Fsp3) is 0.522. The minimum Gasteiger partial charge on any atom is -0.361 e. The van der Waals surface area contributed by atoms with E-state index in [0.29, 0.717) is 35.0 Å². The molecule has 0 spiro atoms. The number of halogens is 2. The van der Waals surface area contributed by atoms with Crippen molar-refractivity contribution in [2.45, 2.75) is 64.8 Å². The molecule has 34 heavy (non-hydrogen) atoms. The van der Waals surface area contributed by atoms with Crippen LogP contribution < -0.4 is 5.69 Å². The van der Waals surface area contributed by atoms with E-state index in [1.54, 1.807) is 9.13 Å². The SMILES string of the molecule is C[Si](C)(C)CCOCn1c(=O)n(COCC[Si](C)(C)C)c2c(-c3nc(Cl)ncc3Cl)cccc21. The molecule has 0 saturated heterocycles. The number of hydrogen-bond donors (Lipinski definition) is 0. The van der Waals surface area contributed by atoms with Crippen LogP contribution in [0.2, 0.25) is 61.7 Å². The number of imidazole rings is 1. The van der Waals surface area contributed by atoms with Crippen LogP contribution >= 0.6 is 23.2 Å². The van der Waals surface area contributed by atoms with Gasteiger partial charge in [0.2, 0.25) is 5.28 Å². The largest absolute Gasteiger partial charge is 0.361 e. The Morgan fingerprint density at radius 2 is 1.50 bits per heavy atom. The minimum absolute atomic E-state index is 0.0887. The zero-order valence-corrected chi connectivity index (χ0v) is 24.3. The highest BCUT2D eigenvalue weighted by molar-refractivity contribution is 6.76. The summed E-state index contributed by atoms with van der Waals surface area (Å²) in [6.45, 7) is 15.3. The first-order valence-electron chi connectivity index (χ1n) is 11.4. The van der Waals surface area contributed by atoms with E-state index in [1.165, 1.54) is 6.20 Å². The van der Waals surface area contributed by atoms with Crippen LogP contribution in [0.3, 0.4) is 0 Å². The van der Waals surface area contributed by atoms with Gasteiger partial charge in [0.1, 0.15) is 13.5 Å². The van der Waals surface area contributed by atoms with E-state index in [4.69, 9.17) is 32.7 Å². The van der Waals surface area contributed by atoms with Crippen LogP contribution in [-0.2, 0) is 22.9 Å². The number of rotatable bonds is 11. The normalized spacial score (nSPS) is 12.6. The fourth-order valence-corrected chi connectivity index (χ4v) is 5.26. The van der Waals surface area contributed by atoms with Crippen LogP contribution in [0.5, 0.6) is 0 Å². The second-order valence-corrected chi connectivity index (χ2v) is 22.8. The predicted molar refractivity (Wildman–Crippen MR) is 145 cm³/mol. The molecular weight excluding hydrogens is 507 g/mol. The van der Waals surface area contributed by atoms with Crippen LogP contribution in [0.4, 0.5) is 0 Å². The molecule has 0 aliphatic heterocycles. The number of nitrogens with zero attached hydrogens (tertiary/aromatic N) is 4. The summed E-state index contributed by atoms with van der Waals surface area (Å²) in [5, 5.41) is 0.445. The summed E-state index contributed by atoms with van der Waals surface area (Å²) in [7, 11) is -2.49. The first-order chi connectivity index (χ1) is 15.9. The topological polar surface area (TPSA) is 71.2 Å². The van der Waals surface area contributed by atoms with Gasteiger partial charge in [0, 0.05) is 34.9 Å². The van der Waals surface area contributed by atoms with Crippen molar-refractivity contribution in [3.05, 3.63) is 45.2 Å². The monoisotopic (exact) mass is 540 g/mol. The lowest BCUT2D eigenvalue weighted by Gasteiger charge is -2.15. The Bertz CT molecular complexity index is 1200. The van der Waals surface area contributed by atoms with E-state index < -0.39 is 16.1 Å². The van der Waals surface area contributed by atoms with E-state index in [2.05, 4.69) is 49.3 Å². The van der Waals surface area contributed by atoms with Gasteiger partial charge in [-0.25, -0.2) is 14.8 Å². The van der Waals surface area contributed by atoms with Crippen molar-refractivity contribution < 1.29 is 9.47 Å². The van der Waals surface area contributed by atoms with Gasteiger partial charge in [0.25, 0.3) is 0 Å². The van der Waals surface area contributed by atoms with Gasteiger partial charge >= 0.3 is 5.69 Å². The summed E-state index contributed by atoms with van der Waals surface area (Å²) in [6, 6.07) is 7.69. The third kappa shape index (κ3) is 7.02. The van der Waals surface area contributed by atoms with Crippen molar-refractivity contribution in [1.29, 1.82) is 0 Å². The zero-order chi connectivity index (χ0) is 25.1. The molecule has 0 fully saturated rings. The highest BCUT2D eigenvalue weighted by Gasteiger charge is 2.21. The Hall–Kier alpha value is -1.50. The summed E-state index contributed by atoms with van der Waals surface area (Å²) >= 11 is 12.5. The van der Waals surface area contributed by atoms with Gasteiger partial charge in [-0.2, -0.15) is 0 Å². The quantitative estimate of drug-likeness (QED) is 0.164. The molecule has 3 rings (SSSR count). The second-order valence-electron chi connectivity index (χ2n) is 10.8. The molecule has 3 aromatic rings. The van der Waals surface area contributed by atoms with Gasteiger partial charge in [0.15, 0.2) is 0 Å². The van der Waals surface area contributed by atoms with Crippen LogP contribution in [-0.4, -0.2) is 48.5 Å². The van der Waals surface area contributed by atoms with Gasteiger partial charge in [-0.05, 0) is 29.8 Å². The Balaban J connectivity index is 2.02. The molecule has 0 unspecified atom stereocenters. The third-order valence-corrected chi connectivity index (χ3v) is 9.31. The number of benzene rings is 1. The molecule has 2 heterocycles. The van der Waals surface area contributed by atoms with E-state index in [-0.39, 0.29) is 24.4 Å². The van der Waals surface area contributed by atoms with Crippen LogP contribution in [0.25, 0.3) is 22.3 Å². The maximum absolute atomic E-state index is 13.5. The van der Waals surface area contributed by atoms with E-state index in [1.807, 2.05) is 18.2 Å². The van der Waals surface area contributed by atoms with Crippen molar-refractivity contribution in [2.24, 2.45) is 0 Å². The lowest BCUT2D eigenvalue weighted by molar-refractivity contribution is 0.0755. The molecule has 186 valence electrons. The summed E-state index contributed by atoms with van der Waals surface area (Å²) in [5.74, 6) is 0. The van der Waals surface area contributed by atoms with Gasteiger partial charge in [0.05, 0.1) is 27.9 Å². The Morgan fingerprint density at radius 1 is 0.912 bits per heavy atom. The molecule has 0 bridgehead atoms. The van der Waals surface area contributed by atoms with Crippen molar-refractivity contribution >= 4 is 50.4 Å². The van der Waals surface area contributed by atoms with Gasteiger partial charge < -0.3 is 9.47 Å². The maximum Gasteiger partial charge on any atom is 0.332 e. The highest BCUT2D eigenvalue weighted by Crippen LogP contribution is 2.32. The molecule has 0 atom stereocenters. The predicted octanol–water partition coefficient (Wildman–Crippen LogP) is 6.19. The summed E-state index contributed by atoms with van der Waals surface area (Å²) in [4.78, 5) is 21.8. The molecule has 0 aliphatic rings. The van der Waals surface area contributed by atoms with Crippen LogP contribution in [0.1, 0.15) is 0 Å². The molecule has 2 aromatic heterocycles. The Labute approximate surface area is 213 Å². The molecule has 0 N–H and O–H groups in total. The standard InChI is InChI=1S/C23H34Cl2N4O3Si2/c1-33(2,3)12-10-31-15-28-19-9-7-8-17(20-18(24)14-26-22(25)27-20)21(19)29(23(28)30)16-32-11-13-34(4,5)6/h7-9,14H,10-13,15-16H2,1-6H3. The zero-order valence-electron chi connectivity index (χ0n) is 20.8. The number of hydrogen-bond acceptors (Lipinski definition) is 5. The van der Waals surface area contributed by atoms with E-state index in [9.17, 15) is 4.79 Å². The van der Waals surface area contributed by atoms with E-state index >= 15 is 0 Å².